The van der Waals surface area contributed by atoms with Crippen LogP contribution in [-0.4, -0.2) is 39.8 Å². The van der Waals surface area contributed by atoms with Gasteiger partial charge in [0, 0.05) is 30.8 Å². The molecule has 4 rings (SSSR count). The Bertz CT molecular complexity index is 956. The van der Waals surface area contributed by atoms with Gasteiger partial charge in [-0.05, 0) is 55.2 Å². The fourth-order valence-corrected chi connectivity index (χ4v) is 3.41. The highest BCUT2D eigenvalue weighted by Crippen LogP contribution is 2.14. The minimum atomic E-state index is -0.139. The Morgan fingerprint density at radius 3 is 2.52 bits per heavy atom. The maximum absolute atomic E-state index is 12.5. The van der Waals surface area contributed by atoms with Gasteiger partial charge >= 0.3 is 0 Å². The largest absolute Gasteiger partial charge is 0.348 e. The summed E-state index contributed by atoms with van der Waals surface area (Å²) >= 11 is 0. The number of amides is 2. The van der Waals surface area contributed by atoms with Crippen molar-refractivity contribution in [3.8, 4) is 0 Å². The van der Waals surface area contributed by atoms with Crippen molar-refractivity contribution in [3.05, 3.63) is 65.5 Å². The predicted octanol–water partition coefficient (Wildman–Crippen LogP) is 3.12. The third kappa shape index (κ3) is 3.84. The maximum atomic E-state index is 12.5. The Labute approximate surface area is 157 Å². The van der Waals surface area contributed by atoms with Crippen LogP contribution in [0.15, 0.2) is 48.8 Å². The molecule has 1 aromatic heterocycles. The lowest BCUT2D eigenvalue weighted by molar-refractivity contribution is 0.0724. The molecule has 0 radical (unpaired) electrons. The number of fused-ring (bicyclic) bond motifs is 1. The van der Waals surface area contributed by atoms with E-state index in [-0.39, 0.29) is 11.8 Å². The Hall–Kier alpha value is -3.15. The summed E-state index contributed by atoms with van der Waals surface area (Å²) in [5, 5.41) is 2.92. The predicted molar refractivity (Wildman–Crippen MR) is 103 cm³/mol. The molecule has 6 nitrogen and oxygen atoms in total. The van der Waals surface area contributed by atoms with Crippen molar-refractivity contribution >= 4 is 22.8 Å². The first-order chi connectivity index (χ1) is 13.2. The Morgan fingerprint density at radius 1 is 1.00 bits per heavy atom. The number of hydrogen-bond donors (Lipinski definition) is 2. The van der Waals surface area contributed by atoms with Crippen LogP contribution < -0.4 is 5.32 Å². The van der Waals surface area contributed by atoms with Crippen LogP contribution in [0.1, 0.15) is 45.5 Å². The number of likely N-dealkylation sites (tertiary alicyclic amines) is 1. The lowest BCUT2D eigenvalue weighted by atomic mass is 10.1. The molecule has 1 aliphatic heterocycles. The molecule has 1 aliphatic rings. The van der Waals surface area contributed by atoms with E-state index in [2.05, 4.69) is 15.3 Å². The summed E-state index contributed by atoms with van der Waals surface area (Å²) in [6.45, 7) is 2.10. The number of carbonyl (C=O) groups excluding carboxylic acids is 2. The average Bonchev–Trinajstić information content (AvgIpc) is 3.20. The van der Waals surface area contributed by atoms with Crippen molar-refractivity contribution in [2.75, 3.05) is 13.1 Å². The molecule has 3 aromatic rings. The highest BCUT2D eigenvalue weighted by atomic mass is 16.2. The first-order valence-electron chi connectivity index (χ1n) is 9.30. The molecule has 0 unspecified atom stereocenters. The van der Waals surface area contributed by atoms with E-state index in [0.29, 0.717) is 17.7 Å². The summed E-state index contributed by atoms with van der Waals surface area (Å²) in [7, 11) is 0. The van der Waals surface area contributed by atoms with Gasteiger partial charge in [-0.25, -0.2) is 4.98 Å². The van der Waals surface area contributed by atoms with Crippen LogP contribution in [0.3, 0.4) is 0 Å². The first-order valence-corrected chi connectivity index (χ1v) is 9.30. The molecule has 138 valence electrons. The summed E-state index contributed by atoms with van der Waals surface area (Å²) in [4.78, 5) is 33.9. The standard InChI is InChI=1S/C21H22N4O2/c26-20(17-8-9-18-19(12-17)24-14-23-18)22-13-15-4-6-16(7-5-15)21(27)25-10-2-1-3-11-25/h4-9,12,14H,1-3,10-11,13H2,(H,22,26)(H,23,24). The second-order valence-electron chi connectivity index (χ2n) is 6.87. The topological polar surface area (TPSA) is 78.1 Å². The number of nitrogens with one attached hydrogen (secondary N) is 2. The van der Waals surface area contributed by atoms with E-state index < -0.39 is 0 Å². The van der Waals surface area contributed by atoms with Crippen LogP contribution >= 0.6 is 0 Å². The molecular weight excluding hydrogens is 340 g/mol. The number of aromatic nitrogens is 2. The molecule has 0 aliphatic carbocycles. The number of benzene rings is 2. The van der Waals surface area contributed by atoms with E-state index in [9.17, 15) is 9.59 Å². The zero-order valence-electron chi connectivity index (χ0n) is 15.1. The van der Waals surface area contributed by atoms with Crippen molar-refractivity contribution in [3.63, 3.8) is 0 Å². The van der Waals surface area contributed by atoms with Gasteiger partial charge in [-0.1, -0.05) is 12.1 Å². The number of H-pyrrole nitrogens is 1. The Morgan fingerprint density at radius 2 is 1.74 bits per heavy atom. The second-order valence-corrected chi connectivity index (χ2v) is 6.87. The number of piperidine rings is 1. The van der Waals surface area contributed by atoms with Crippen LogP contribution in [0.4, 0.5) is 0 Å². The summed E-state index contributed by atoms with van der Waals surface area (Å²) in [5.41, 5.74) is 3.92. The molecule has 27 heavy (non-hydrogen) atoms. The molecule has 2 N–H and O–H groups in total. The van der Waals surface area contributed by atoms with E-state index in [1.165, 1.54) is 6.42 Å². The lowest BCUT2D eigenvalue weighted by Gasteiger charge is -2.26. The molecule has 6 heteroatoms. The van der Waals surface area contributed by atoms with Crippen molar-refractivity contribution < 1.29 is 9.59 Å². The highest BCUT2D eigenvalue weighted by Gasteiger charge is 2.17. The van der Waals surface area contributed by atoms with Crippen LogP contribution in [-0.2, 0) is 6.54 Å². The van der Waals surface area contributed by atoms with Crippen LogP contribution in [0.5, 0.6) is 0 Å². The summed E-state index contributed by atoms with van der Waals surface area (Å²) in [6.07, 6.45) is 4.98. The zero-order valence-corrected chi connectivity index (χ0v) is 15.1. The number of hydrogen-bond acceptors (Lipinski definition) is 3. The second kappa shape index (κ2) is 7.61. The fraction of sp³-hybridized carbons (Fsp3) is 0.286. The Kier molecular flexibility index (Phi) is 4.87. The molecule has 2 heterocycles. The molecule has 2 aromatic carbocycles. The Balaban J connectivity index is 1.36. The SMILES string of the molecule is O=C(NCc1ccc(C(=O)N2CCCCC2)cc1)c1ccc2nc[nH]c2c1. The van der Waals surface area contributed by atoms with Crippen LogP contribution in [0, 0.1) is 0 Å². The number of rotatable bonds is 4. The molecule has 0 atom stereocenters. The van der Waals surface area contributed by atoms with Gasteiger partial charge in [-0.3, -0.25) is 9.59 Å². The highest BCUT2D eigenvalue weighted by molar-refractivity contribution is 5.97. The van der Waals surface area contributed by atoms with Gasteiger partial charge in [0.1, 0.15) is 0 Å². The van der Waals surface area contributed by atoms with Crippen molar-refractivity contribution in [1.29, 1.82) is 0 Å². The van der Waals surface area contributed by atoms with Gasteiger partial charge in [0.2, 0.25) is 0 Å². The lowest BCUT2D eigenvalue weighted by Crippen LogP contribution is -2.35. The maximum Gasteiger partial charge on any atom is 0.253 e. The van der Waals surface area contributed by atoms with E-state index in [0.717, 1.165) is 42.5 Å². The zero-order chi connectivity index (χ0) is 18.6. The summed E-state index contributed by atoms with van der Waals surface area (Å²) in [5.74, 6) is -0.0434. The molecule has 2 amide bonds. The van der Waals surface area contributed by atoms with Crippen molar-refractivity contribution in [2.24, 2.45) is 0 Å². The molecule has 0 spiro atoms. The number of carbonyl (C=O) groups is 2. The molecule has 0 saturated carbocycles. The third-order valence-electron chi connectivity index (χ3n) is 4.98. The van der Waals surface area contributed by atoms with Crippen molar-refractivity contribution in [2.45, 2.75) is 25.8 Å². The summed E-state index contributed by atoms with van der Waals surface area (Å²) in [6, 6.07) is 12.9. The quantitative estimate of drug-likeness (QED) is 0.748. The van der Waals surface area contributed by atoms with Gasteiger partial charge < -0.3 is 15.2 Å². The molecule has 0 bridgehead atoms. The average molecular weight is 362 g/mol. The number of aromatic amines is 1. The molecule has 1 fully saturated rings. The van der Waals surface area contributed by atoms with Gasteiger partial charge in [0.25, 0.3) is 11.8 Å². The number of nitrogens with zero attached hydrogens (tertiary/aromatic N) is 2. The van der Waals surface area contributed by atoms with Gasteiger partial charge in [-0.2, -0.15) is 0 Å². The third-order valence-corrected chi connectivity index (χ3v) is 4.98. The first kappa shape index (κ1) is 17.3. The minimum absolute atomic E-state index is 0.0955. The van der Waals surface area contributed by atoms with E-state index >= 15 is 0 Å². The van der Waals surface area contributed by atoms with Crippen molar-refractivity contribution in [1.82, 2.24) is 20.2 Å². The summed E-state index contributed by atoms with van der Waals surface area (Å²) < 4.78 is 0. The smallest absolute Gasteiger partial charge is 0.253 e. The normalized spacial score (nSPS) is 14.3. The molecule has 1 saturated heterocycles. The van der Waals surface area contributed by atoms with Gasteiger partial charge in [0.05, 0.1) is 17.4 Å². The van der Waals surface area contributed by atoms with E-state index in [4.69, 9.17) is 0 Å². The minimum Gasteiger partial charge on any atom is -0.348 e. The van der Waals surface area contributed by atoms with Gasteiger partial charge in [-0.15, -0.1) is 0 Å². The van der Waals surface area contributed by atoms with E-state index in [1.54, 1.807) is 18.5 Å². The van der Waals surface area contributed by atoms with Crippen LogP contribution in [0.2, 0.25) is 0 Å². The van der Waals surface area contributed by atoms with E-state index in [1.807, 2.05) is 35.2 Å². The monoisotopic (exact) mass is 362 g/mol. The fourth-order valence-electron chi connectivity index (χ4n) is 3.41. The van der Waals surface area contributed by atoms with Gasteiger partial charge in [0.15, 0.2) is 0 Å². The number of imidazole rings is 1. The molecular formula is C21H22N4O2. The van der Waals surface area contributed by atoms with Crippen LogP contribution in [0.25, 0.3) is 11.0 Å².